The Morgan fingerprint density at radius 2 is 1.90 bits per heavy atom. The van der Waals surface area contributed by atoms with Crippen LogP contribution in [0.15, 0.2) is 76.8 Å². The van der Waals surface area contributed by atoms with Gasteiger partial charge in [-0.15, -0.1) is 0 Å². The molecule has 0 aliphatic rings. The number of hydrogen-bond donors (Lipinski definition) is 1. The zero-order chi connectivity index (χ0) is 21.6. The third-order valence-corrected chi connectivity index (χ3v) is 5.98. The lowest BCUT2D eigenvalue weighted by molar-refractivity contribution is -0.116. The number of amides is 1. The third-order valence-electron chi connectivity index (χ3n) is 4.29. The molecule has 6 nitrogen and oxygen atoms in total. The van der Waals surface area contributed by atoms with Gasteiger partial charge in [0.15, 0.2) is 0 Å². The van der Waals surface area contributed by atoms with Gasteiger partial charge in [-0.3, -0.25) is 4.79 Å². The molecule has 0 atom stereocenters. The van der Waals surface area contributed by atoms with Crippen LogP contribution in [0.4, 0.5) is 5.69 Å². The molecule has 156 valence electrons. The molecule has 0 unspecified atom stereocenters. The predicted octanol–water partition coefficient (Wildman–Crippen LogP) is 4.68. The van der Waals surface area contributed by atoms with Gasteiger partial charge < -0.3 is 9.73 Å². The quantitative estimate of drug-likeness (QED) is 0.547. The van der Waals surface area contributed by atoms with Gasteiger partial charge in [0.2, 0.25) is 15.9 Å². The molecular weight excluding hydrogens is 424 g/mol. The first-order valence-corrected chi connectivity index (χ1v) is 11.0. The predicted molar refractivity (Wildman–Crippen MR) is 118 cm³/mol. The van der Waals surface area contributed by atoms with Crippen LogP contribution in [0.5, 0.6) is 0 Å². The van der Waals surface area contributed by atoms with Gasteiger partial charge in [0.1, 0.15) is 5.76 Å². The van der Waals surface area contributed by atoms with Gasteiger partial charge in [-0.1, -0.05) is 41.9 Å². The smallest absolute Gasteiger partial charge is 0.239 e. The summed E-state index contributed by atoms with van der Waals surface area (Å²) < 4.78 is 32.2. The van der Waals surface area contributed by atoms with Crippen molar-refractivity contribution in [2.45, 2.75) is 13.5 Å². The van der Waals surface area contributed by atoms with Crippen LogP contribution < -0.4 is 5.32 Å². The summed E-state index contributed by atoms with van der Waals surface area (Å²) in [4.78, 5) is 12.6. The molecule has 0 saturated carbocycles. The van der Waals surface area contributed by atoms with Gasteiger partial charge in [0.05, 0.1) is 19.4 Å². The average Bonchev–Trinajstić information content (AvgIpc) is 3.22. The zero-order valence-electron chi connectivity index (χ0n) is 16.3. The van der Waals surface area contributed by atoms with Crippen LogP contribution in [0, 0.1) is 6.92 Å². The van der Waals surface area contributed by atoms with E-state index in [9.17, 15) is 13.2 Å². The maximum Gasteiger partial charge on any atom is 0.239 e. The molecule has 30 heavy (non-hydrogen) atoms. The normalized spacial score (nSPS) is 11.8. The van der Waals surface area contributed by atoms with Crippen LogP contribution in [0.3, 0.4) is 0 Å². The lowest BCUT2D eigenvalue weighted by Gasteiger charge is -2.19. The molecule has 3 aromatic rings. The molecule has 3 rings (SSSR count). The van der Waals surface area contributed by atoms with Crippen molar-refractivity contribution >= 4 is 39.3 Å². The highest BCUT2D eigenvalue weighted by atomic mass is 35.5. The van der Waals surface area contributed by atoms with Crippen molar-refractivity contribution < 1.29 is 17.6 Å². The third kappa shape index (κ3) is 6.06. The standard InChI is InChI=1S/C22H21ClN2O4S/c1-17-14-19(23)9-10-21(17)24-22(26)16-25(15-20-8-5-12-29-20)30(27,28)13-11-18-6-3-2-4-7-18/h2-14H,15-16H2,1H3,(H,24,26)/b13-11+. The number of hydrogen-bond acceptors (Lipinski definition) is 4. The average molecular weight is 445 g/mol. The molecule has 1 aromatic heterocycles. The number of benzene rings is 2. The Balaban J connectivity index is 1.79. The fraction of sp³-hybridized carbons (Fsp3) is 0.136. The lowest BCUT2D eigenvalue weighted by atomic mass is 10.2. The second kappa shape index (κ2) is 9.75. The summed E-state index contributed by atoms with van der Waals surface area (Å²) in [6, 6.07) is 17.4. The Morgan fingerprint density at radius 3 is 2.57 bits per heavy atom. The minimum Gasteiger partial charge on any atom is -0.468 e. The summed E-state index contributed by atoms with van der Waals surface area (Å²) in [5, 5.41) is 4.38. The van der Waals surface area contributed by atoms with E-state index in [1.54, 1.807) is 49.4 Å². The van der Waals surface area contributed by atoms with Crippen LogP contribution in [0.25, 0.3) is 6.08 Å². The summed E-state index contributed by atoms with van der Waals surface area (Å²) in [7, 11) is -3.89. The van der Waals surface area contributed by atoms with Crippen molar-refractivity contribution in [2.24, 2.45) is 0 Å². The minimum atomic E-state index is -3.89. The molecule has 0 spiro atoms. The number of aryl methyl sites for hydroxylation is 1. The number of furan rings is 1. The van der Waals surface area contributed by atoms with Crippen molar-refractivity contribution in [3.63, 3.8) is 0 Å². The highest BCUT2D eigenvalue weighted by molar-refractivity contribution is 7.92. The van der Waals surface area contributed by atoms with Gasteiger partial charge in [-0.2, -0.15) is 4.31 Å². The van der Waals surface area contributed by atoms with E-state index in [1.807, 2.05) is 18.2 Å². The van der Waals surface area contributed by atoms with Crippen LogP contribution in [0.1, 0.15) is 16.9 Å². The SMILES string of the molecule is Cc1cc(Cl)ccc1NC(=O)CN(Cc1ccco1)S(=O)(=O)/C=C/c1ccccc1. The van der Waals surface area contributed by atoms with Crippen LogP contribution in [0.2, 0.25) is 5.02 Å². The van der Waals surface area contributed by atoms with E-state index >= 15 is 0 Å². The van der Waals surface area contributed by atoms with Gasteiger partial charge >= 0.3 is 0 Å². The number of halogens is 1. The minimum absolute atomic E-state index is 0.0680. The largest absolute Gasteiger partial charge is 0.468 e. The number of rotatable bonds is 8. The fourth-order valence-electron chi connectivity index (χ4n) is 2.74. The monoisotopic (exact) mass is 444 g/mol. The summed E-state index contributed by atoms with van der Waals surface area (Å²) in [6.07, 6.45) is 2.95. The van der Waals surface area contributed by atoms with E-state index in [1.165, 1.54) is 12.3 Å². The summed E-state index contributed by atoms with van der Waals surface area (Å²) >= 11 is 5.94. The van der Waals surface area contributed by atoms with E-state index in [4.69, 9.17) is 16.0 Å². The van der Waals surface area contributed by atoms with Crippen molar-refractivity contribution in [1.82, 2.24) is 4.31 Å². The Kier molecular flexibility index (Phi) is 7.10. The highest BCUT2D eigenvalue weighted by Crippen LogP contribution is 2.20. The molecule has 0 aliphatic carbocycles. The Labute approximate surface area is 180 Å². The fourth-order valence-corrected chi connectivity index (χ4v) is 4.08. The summed E-state index contributed by atoms with van der Waals surface area (Å²) in [5.41, 5.74) is 2.08. The highest BCUT2D eigenvalue weighted by Gasteiger charge is 2.24. The van der Waals surface area contributed by atoms with Gasteiger partial charge in [-0.05, 0) is 54.5 Å². The molecule has 2 aromatic carbocycles. The molecule has 0 bridgehead atoms. The molecule has 0 radical (unpaired) electrons. The molecule has 1 amide bonds. The molecule has 1 N–H and O–H groups in total. The molecule has 0 aliphatic heterocycles. The van der Waals surface area contributed by atoms with E-state index < -0.39 is 15.9 Å². The molecule has 0 saturated heterocycles. The number of nitrogens with one attached hydrogen (secondary N) is 1. The molecule has 0 fully saturated rings. The van der Waals surface area contributed by atoms with Crippen molar-refractivity contribution in [2.75, 3.05) is 11.9 Å². The number of nitrogens with zero attached hydrogens (tertiary/aromatic N) is 1. The number of anilines is 1. The summed E-state index contributed by atoms with van der Waals surface area (Å²) in [6.45, 7) is 1.37. The number of carbonyl (C=O) groups excluding carboxylic acids is 1. The second-order valence-corrected chi connectivity index (χ2v) is 8.87. The van der Waals surface area contributed by atoms with E-state index in [0.29, 0.717) is 16.5 Å². The van der Waals surface area contributed by atoms with E-state index in [2.05, 4.69) is 5.32 Å². The Bertz CT molecular complexity index is 1130. The maximum absolute atomic E-state index is 12.9. The topological polar surface area (TPSA) is 79.6 Å². The molecule has 1 heterocycles. The van der Waals surface area contributed by atoms with E-state index in [-0.39, 0.29) is 13.1 Å². The van der Waals surface area contributed by atoms with Crippen molar-refractivity contribution in [3.8, 4) is 0 Å². The maximum atomic E-state index is 12.9. The van der Waals surface area contributed by atoms with Crippen LogP contribution >= 0.6 is 11.6 Å². The first kappa shape index (κ1) is 21.8. The summed E-state index contributed by atoms with van der Waals surface area (Å²) in [5.74, 6) is -0.0363. The Morgan fingerprint density at radius 1 is 1.13 bits per heavy atom. The van der Waals surface area contributed by atoms with E-state index in [0.717, 1.165) is 20.8 Å². The van der Waals surface area contributed by atoms with Crippen LogP contribution in [-0.4, -0.2) is 25.2 Å². The first-order valence-electron chi connectivity index (χ1n) is 9.15. The first-order chi connectivity index (χ1) is 14.3. The Hall–Kier alpha value is -2.87. The number of carbonyl (C=O) groups is 1. The number of sulfonamides is 1. The van der Waals surface area contributed by atoms with Crippen molar-refractivity contribution in [3.05, 3.63) is 94.2 Å². The molecule has 8 heteroatoms. The second-order valence-electron chi connectivity index (χ2n) is 6.61. The van der Waals surface area contributed by atoms with Crippen molar-refractivity contribution in [1.29, 1.82) is 0 Å². The van der Waals surface area contributed by atoms with Gasteiger partial charge in [0.25, 0.3) is 0 Å². The molecular formula is C22H21ClN2O4S. The van der Waals surface area contributed by atoms with Gasteiger partial charge in [0, 0.05) is 16.1 Å². The zero-order valence-corrected chi connectivity index (χ0v) is 17.9. The lowest BCUT2D eigenvalue weighted by Crippen LogP contribution is -2.36. The van der Waals surface area contributed by atoms with Crippen LogP contribution in [-0.2, 0) is 21.4 Å². The van der Waals surface area contributed by atoms with Gasteiger partial charge in [-0.25, -0.2) is 8.42 Å².